The van der Waals surface area contributed by atoms with E-state index >= 15 is 0 Å². The molecule has 1 aliphatic rings. The summed E-state index contributed by atoms with van der Waals surface area (Å²) in [5, 5.41) is 16.2. The van der Waals surface area contributed by atoms with E-state index in [9.17, 15) is 9.18 Å². The molecule has 23 heavy (non-hydrogen) atoms. The Morgan fingerprint density at radius 2 is 2.17 bits per heavy atom. The van der Waals surface area contributed by atoms with Crippen LogP contribution in [0.3, 0.4) is 0 Å². The number of aromatic amines is 1. The average molecular weight is 317 g/mol. The van der Waals surface area contributed by atoms with Gasteiger partial charge in [-0.25, -0.2) is 4.39 Å². The lowest BCUT2D eigenvalue weighted by Gasteiger charge is -2.16. The van der Waals surface area contributed by atoms with Crippen molar-refractivity contribution in [2.45, 2.75) is 32.9 Å². The Morgan fingerprint density at radius 1 is 1.35 bits per heavy atom. The van der Waals surface area contributed by atoms with E-state index in [2.05, 4.69) is 26.1 Å². The van der Waals surface area contributed by atoms with Gasteiger partial charge in [0.05, 0.1) is 11.4 Å². The molecule has 0 saturated carbocycles. The fourth-order valence-corrected chi connectivity index (χ4v) is 2.65. The lowest BCUT2D eigenvalue weighted by molar-refractivity contribution is 0.102. The second-order valence-corrected chi connectivity index (χ2v) is 5.90. The molecule has 122 valence electrons. The summed E-state index contributed by atoms with van der Waals surface area (Å²) in [4.78, 5) is 12.5. The molecular weight excluding hydrogens is 297 g/mol. The van der Waals surface area contributed by atoms with Gasteiger partial charge in [0.25, 0.3) is 5.91 Å². The van der Waals surface area contributed by atoms with Crippen LogP contribution in [0.4, 0.5) is 15.8 Å². The molecule has 0 bridgehead atoms. The van der Waals surface area contributed by atoms with Gasteiger partial charge in [-0.3, -0.25) is 9.89 Å². The van der Waals surface area contributed by atoms with Gasteiger partial charge in [0, 0.05) is 36.8 Å². The first-order chi connectivity index (χ1) is 11.0. The summed E-state index contributed by atoms with van der Waals surface area (Å²) in [6.45, 7) is 5.39. The molecule has 1 aromatic carbocycles. The van der Waals surface area contributed by atoms with Crippen LogP contribution in [0, 0.1) is 5.82 Å². The second kappa shape index (κ2) is 6.37. The Morgan fingerprint density at radius 3 is 2.96 bits per heavy atom. The molecule has 7 heteroatoms. The standard InChI is InChI=1S/C16H20FN5O/c1-9(2)19-14-7-10(17)3-4-13(14)20-16(23)15-11-8-18-6-5-12(11)21-22-15/h3-4,7,9,18-19H,5-6,8H2,1-2H3,(H,20,23)(H,21,22). The zero-order chi connectivity index (χ0) is 16.4. The van der Waals surface area contributed by atoms with Crippen molar-refractivity contribution in [3.8, 4) is 0 Å². The first-order valence-electron chi connectivity index (χ1n) is 7.69. The Bertz CT molecular complexity index is 725. The predicted octanol–water partition coefficient (Wildman–Crippen LogP) is 2.27. The molecule has 0 radical (unpaired) electrons. The summed E-state index contributed by atoms with van der Waals surface area (Å²) in [5.41, 5.74) is 3.36. The van der Waals surface area contributed by atoms with Crippen LogP contribution in [0.25, 0.3) is 0 Å². The zero-order valence-electron chi connectivity index (χ0n) is 13.2. The van der Waals surface area contributed by atoms with Crippen molar-refractivity contribution >= 4 is 17.3 Å². The second-order valence-electron chi connectivity index (χ2n) is 5.90. The molecule has 0 saturated heterocycles. The maximum atomic E-state index is 13.5. The number of anilines is 2. The summed E-state index contributed by atoms with van der Waals surface area (Å²) in [7, 11) is 0. The highest BCUT2D eigenvalue weighted by Gasteiger charge is 2.22. The van der Waals surface area contributed by atoms with Gasteiger partial charge in [0.15, 0.2) is 5.69 Å². The maximum absolute atomic E-state index is 13.5. The van der Waals surface area contributed by atoms with Gasteiger partial charge in [0.1, 0.15) is 5.82 Å². The minimum absolute atomic E-state index is 0.120. The van der Waals surface area contributed by atoms with Crippen LogP contribution in [-0.2, 0) is 13.0 Å². The van der Waals surface area contributed by atoms with Crippen LogP contribution in [0.15, 0.2) is 18.2 Å². The molecule has 1 aliphatic heterocycles. The van der Waals surface area contributed by atoms with Crippen molar-refractivity contribution in [2.24, 2.45) is 0 Å². The van der Waals surface area contributed by atoms with Crippen LogP contribution < -0.4 is 16.0 Å². The van der Waals surface area contributed by atoms with Gasteiger partial charge >= 0.3 is 0 Å². The minimum atomic E-state index is -0.354. The Balaban J connectivity index is 1.84. The molecular formula is C16H20FN5O. The van der Waals surface area contributed by atoms with Gasteiger partial charge in [-0.1, -0.05) is 0 Å². The average Bonchev–Trinajstić information content (AvgIpc) is 2.93. The summed E-state index contributed by atoms with van der Waals surface area (Å²) < 4.78 is 13.5. The molecule has 0 unspecified atom stereocenters. The van der Waals surface area contributed by atoms with Crippen LogP contribution >= 0.6 is 0 Å². The van der Waals surface area contributed by atoms with Gasteiger partial charge in [-0.05, 0) is 32.0 Å². The number of carbonyl (C=O) groups excluding carboxylic acids is 1. The van der Waals surface area contributed by atoms with Crippen molar-refractivity contribution in [3.63, 3.8) is 0 Å². The van der Waals surface area contributed by atoms with Crippen LogP contribution in [0.1, 0.15) is 35.6 Å². The van der Waals surface area contributed by atoms with E-state index in [0.717, 1.165) is 24.2 Å². The molecule has 1 aromatic heterocycles. The van der Waals surface area contributed by atoms with E-state index in [1.165, 1.54) is 12.1 Å². The monoisotopic (exact) mass is 317 g/mol. The highest BCUT2D eigenvalue weighted by atomic mass is 19.1. The molecule has 3 rings (SSSR count). The number of aromatic nitrogens is 2. The maximum Gasteiger partial charge on any atom is 0.276 e. The number of carbonyl (C=O) groups is 1. The van der Waals surface area contributed by atoms with Crippen LogP contribution in [0.2, 0.25) is 0 Å². The first-order valence-corrected chi connectivity index (χ1v) is 7.69. The number of benzene rings is 1. The van der Waals surface area contributed by atoms with Gasteiger partial charge in [-0.15, -0.1) is 0 Å². The number of fused-ring (bicyclic) bond motifs is 1. The van der Waals surface area contributed by atoms with E-state index < -0.39 is 0 Å². The molecule has 1 amide bonds. The number of nitrogens with zero attached hydrogens (tertiary/aromatic N) is 1. The van der Waals surface area contributed by atoms with Crippen molar-refractivity contribution in [2.75, 3.05) is 17.2 Å². The number of hydrogen-bond acceptors (Lipinski definition) is 4. The topological polar surface area (TPSA) is 81.8 Å². The van der Waals surface area contributed by atoms with Crippen LogP contribution in [-0.4, -0.2) is 28.7 Å². The van der Waals surface area contributed by atoms with Crippen molar-refractivity contribution < 1.29 is 9.18 Å². The summed E-state index contributed by atoms with van der Waals surface area (Å²) >= 11 is 0. The number of halogens is 1. The predicted molar refractivity (Wildman–Crippen MR) is 87.1 cm³/mol. The first kappa shape index (κ1) is 15.5. The third kappa shape index (κ3) is 3.34. The van der Waals surface area contributed by atoms with E-state index in [4.69, 9.17) is 0 Å². The largest absolute Gasteiger partial charge is 0.381 e. The summed E-state index contributed by atoms with van der Waals surface area (Å²) in [5.74, 6) is -0.655. The number of hydrogen-bond donors (Lipinski definition) is 4. The molecule has 0 atom stereocenters. The van der Waals surface area contributed by atoms with Crippen molar-refractivity contribution in [3.05, 3.63) is 41.0 Å². The lowest BCUT2D eigenvalue weighted by atomic mass is 10.1. The Kier molecular flexibility index (Phi) is 4.29. The van der Waals surface area contributed by atoms with E-state index in [1.54, 1.807) is 6.07 Å². The SMILES string of the molecule is CC(C)Nc1cc(F)ccc1NC(=O)c1n[nH]c2c1CNCC2. The molecule has 2 aromatic rings. The molecule has 0 aliphatic carbocycles. The highest BCUT2D eigenvalue weighted by Crippen LogP contribution is 2.25. The summed E-state index contributed by atoms with van der Waals surface area (Å²) in [6.07, 6.45) is 0.826. The minimum Gasteiger partial charge on any atom is -0.381 e. The third-order valence-electron chi connectivity index (χ3n) is 3.70. The van der Waals surface area contributed by atoms with Gasteiger partial charge in [0.2, 0.25) is 0 Å². The third-order valence-corrected chi connectivity index (χ3v) is 3.70. The number of rotatable bonds is 4. The molecule has 4 N–H and O–H groups in total. The quantitative estimate of drug-likeness (QED) is 0.697. The number of amides is 1. The molecule has 0 spiro atoms. The zero-order valence-corrected chi connectivity index (χ0v) is 13.2. The van der Waals surface area contributed by atoms with Crippen molar-refractivity contribution in [1.29, 1.82) is 0 Å². The van der Waals surface area contributed by atoms with Gasteiger partial charge < -0.3 is 16.0 Å². The lowest BCUT2D eigenvalue weighted by Crippen LogP contribution is -2.25. The smallest absolute Gasteiger partial charge is 0.276 e. The normalized spacial score (nSPS) is 13.7. The summed E-state index contributed by atoms with van der Waals surface area (Å²) in [6, 6.07) is 4.37. The molecule has 0 fully saturated rings. The number of nitrogens with one attached hydrogen (secondary N) is 4. The van der Waals surface area contributed by atoms with Crippen molar-refractivity contribution in [1.82, 2.24) is 15.5 Å². The van der Waals surface area contributed by atoms with E-state index in [0.29, 0.717) is 23.6 Å². The van der Waals surface area contributed by atoms with Crippen LogP contribution in [0.5, 0.6) is 0 Å². The number of H-pyrrole nitrogens is 1. The Labute approximate surface area is 133 Å². The fourth-order valence-electron chi connectivity index (χ4n) is 2.65. The van der Waals surface area contributed by atoms with E-state index in [1.807, 2.05) is 13.8 Å². The molecule has 2 heterocycles. The fraction of sp³-hybridized carbons (Fsp3) is 0.375. The molecule has 6 nitrogen and oxygen atoms in total. The highest BCUT2D eigenvalue weighted by molar-refractivity contribution is 6.05. The Hall–Kier alpha value is -2.41. The van der Waals surface area contributed by atoms with Gasteiger partial charge in [-0.2, -0.15) is 5.10 Å². The van der Waals surface area contributed by atoms with E-state index in [-0.39, 0.29) is 17.8 Å².